The van der Waals surface area contributed by atoms with Crippen LogP contribution in [0.15, 0.2) is 0 Å². The SMILES string of the molecule is O=[SH]N(C(F)(F)F)C(F)(F)F.[Li]. The van der Waals surface area contributed by atoms with E-state index in [0.29, 0.717) is 0 Å². The summed E-state index contributed by atoms with van der Waals surface area (Å²) in [5, 5.41) is 0. The molecule has 0 aliphatic heterocycles. The van der Waals surface area contributed by atoms with Gasteiger partial charge in [-0.05, 0) is 4.31 Å². The number of hydrogen-bond acceptors (Lipinski definition) is 1. The van der Waals surface area contributed by atoms with Crippen LogP contribution in [-0.2, 0) is 11.9 Å². The van der Waals surface area contributed by atoms with Crippen molar-refractivity contribution in [3.05, 3.63) is 0 Å². The summed E-state index contributed by atoms with van der Waals surface area (Å²) in [5.41, 5.74) is 0. The minimum atomic E-state index is -5.67. The summed E-state index contributed by atoms with van der Waals surface area (Å²) in [6, 6.07) is 0. The predicted molar refractivity (Wildman–Crippen MR) is 29.2 cm³/mol. The molecule has 2 nitrogen and oxygen atoms in total. The van der Waals surface area contributed by atoms with Crippen molar-refractivity contribution in [3.8, 4) is 0 Å². The molecule has 0 atom stereocenters. The van der Waals surface area contributed by atoms with Crippen LogP contribution in [0.5, 0.6) is 0 Å². The van der Waals surface area contributed by atoms with Gasteiger partial charge in [-0.15, -0.1) is 0 Å². The van der Waals surface area contributed by atoms with E-state index >= 15 is 0 Å². The van der Waals surface area contributed by atoms with Crippen LogP contribution in [0, 0.1) is 0 Å². The van der Waals surface area contributed by atoms with Gasteiger partial charge in [0.1, 0.15) is 0 Å². The molecule has 0 aromatic carbocycles. The van der Waals surface area contributed by atoms with E-state index in [0.717, 1.165) is 0 Å². The Morgan fingerprint density at radius 3 is 1.17 bits per heavy atom. The molecule has 10 heteroatoms. The Morgan fingerprint density at radius 2 is 1.17 bits per heavy atom. The van der Waals surface area contributed by atoms with Gasteiger partial charge in [-0.25, -0.2) is 4.21 Å². The van der Waals surface area contributed by atoms with Crippen molar-refractivity contribution < 1.29 is 30.6 Å². The first-order chi connectivity index (χ1) is 4.69. The molecule has 0 saturated heterocycles. The summed E-state index contributed by atoms with van der Waals surface area (Å²) < 4.78 is 74.6. The molecule has 1 radical (unpaired) electrons. The van der Waals surface area contributed by atoms with Crippen molar-refractivity contribution in [2.24, 2.45) is 0 Å². The molecule has 69 valence electrons. The van der Waals surface area contributed by atoms with Gasteiger partial charge < -0.3 is 0 Å². The molecule has 0 aliphatic carbocycles. The van der Waals surface area contributed by atoms with E-state index < -0.39 is 28.8 Å². The second-order valence-electron chi connectivity index (χ2n) is 1.33. The fraction of sp³-hybridized carbons (Fsp3) is 1.00. The first-order valence-corrected chi connectivity index (χ1v) is 2.73. The first-order valence-electron chi connectivity index (χ1n) is 1.96. The van der Waals surface area contributed by atoms with Crippen LogP contribution in [0.3, 0.4) is 0 Å². The van der Waals surface area contributed by atoms with Gasteiger partial charge in [0.05, 0.1) is 11.9 Å². The molecule has 0 amide bonds. The fourth-order valence-corrected chi connectivity index (χ4v) is 0.421. The molecule has 0 aromatic heterocycles. The van der Waals surface area contributed by atoms with Crippen LogP contribution >= 0.6 is 0 Å². The van der Waals surface area contributed by atoms with Crippen LogP contribution in [0.25, 0.3) is 0 Å². The zero-order valence-corrected chi connectivity index (χ0v) is 6.46. The number of thiol groups is 1. The van der Waals surface area contributed by atoms with Crippen LogP contribution in [0.1, 0.15) is 0 Å². The molecule has 0 heterocycles. The minimum Gasteiger partial charge on any atom is -0.246 e. The van der Waals surface area contributed by atoms with Crippen molar-refractivity contribution in [1.82, 2.24) is 4.31 Å². The Morgan fingerprint density at radius 1 is 0.917 bits per heavy atom. The second kappa shape index (κ2) is 4.50. The van der Waals surface area contributed by atoms with Gasteiger partial charge in [0.2, 0.25) is 0 Å². The van der Waals surface area contributed by atoms with E-state index in [1.807, 2.05) is 0 Å². The largest absolute Gasteiger partial charge is 0.478 e. The van der Waals surface area contributed by atoms with E-state index in [9.17, 15) is 30.6 Å². The molecule has 0 spiro atoms. The summed E-state index contributed by atoms with van der Waals surface area (Å²) in [7, 11) is 0. The van der Waals surface area contributed by atoms with E-state index in [1.165, 1.54) is 0 Å². The second-order valence-corrected chi connectivity index (χ2v) is 1.89. The zero-order valence-electron chi connectivity index (χ0n) is 5.57. The maximum atomic E-state index is 11.2. The molecule has 0 aliphatic rings. The monoisotopic (exact) mass is 208 g/mol. The Balaban J connectivity index is 0. The molecular weight excluding hydrogens is 207 g/mol. The van der Waals surface area contributed by atoms with Gasteiger partial charge in [0.25, 0.3) is 0 Å². The van der Waals surface area contributed by atoms with Gasteiger partial charge in [-0.2, -0.15) is 26.3 Å². The third-order valence-corrected chi connectivity index (χ3v) is 1.18. The van der Waals surface area contributed by atoms with E-state index in [4.69, 9.17) is 0 Å². The fourth-order valence-electron chi connectivity index (χ4n) is 0.236. The predicted octanol–water partition coefficient (Wildman–Crippen LogP) is 0.807. The molecule has 0 aromatic rings. The topological polar surface area (TPSA) is 20.3 Å². The number of halogens is 6. The van der Waals surface area contributed by atoms with Crippen LogP contribution in [0.2, 0.25) is 0 Å². The van der Waals surface area contributed by atoms with Gasteiger partial charge in [-0.1, -0.05) is 0 Å². The summed E-state index contributed by atoms with van der Waals surface area (Å²) >= 11 is -2.15. The van der Waals surface area contributed by atoms with E-state index in [2.05, 4.69) is 0 Å². The van der Waals surface area contributed by atoms with Gasteiger partial charge >= 0.3 is 12.6 Å². The number of alkyl halides is 6. The van der Waals surface area contributed by atoms with E-state index in [1.54, 1.807) is 0 Å². The molecule has 12 heavy (non-hydrogen) atoms. The molecule has 0 bridgehead atoms. The van der Waals surface area contributed by atoms with Gasteiger partial charge in [0, 0.05) is 18.9 Å². The molecule has 0 unspecified atom stereocenters. The third-order valence-electron chi connectivity index (χ3n) is 0.562. The standard InChI is InChI=1S/C2HF6NOS.Li/c3-1(4,5)9(11-10)2(6,7)8;/h11H;. The summed E-state index contributed by atoms with van der Waals surface area (Å²) in [5.74, 6) is 0. The van der Waals surface area contributed by atoms with Crippen LogP contribution in [0.4, 0.5) is 26.3 Å². The van der Waals surface area contributed by atoms with Crippen molar-refractivity contribution >= 4 is 30.7 Å². The molecule has 0 N–H and O–H groups in total. The normalized spacial score (nSPS) is 12.9. The van der Waals surface area contributed by atoms with Crippen LogP contribution < -0.4 is 0 Å². The van der Waals surface area contributed by atoms with Gasteiger partial charge in [-0.3, -0.25) is 0 Å². The van der Waals surface area contributed by atoms with Crippen molar-refractivity contribution in [3.63, 3.8) is 0 Å². The Kier molecular flexibility index (Phi) is 5.55. The summed E-state index contributed by atoms with van der Waals surface area (Å²) in [6.45, 7) is 0. The number of rotatable bonds is 1. The van der Waals surface area contributed by atoms with Crippen molar-refractivity contribution in [2.45, 2.75) is 12.6 Å². The average Bonchev–Trinajstić information content (AvgIpc) is 1.56. The minimum absolute atomic E-state index is 0. The number of nitrogens with zero attached hydrogens (tertiary/aromatic N) is 1. The maximum Gasteiger partial charge on any atom is 0.478 e. The molecule has 0 rings (SSSR count). The molecule has 0 saturated carbocycles. The van der Waals surface area contributed by atoms with Crippen molar-refractivity contribution in [1.29, 1.82) is 0 Å². The third kappa shape index (κ3) is 4.35. The summed E-state index contributed by atoms with van der Waals surface area (Å²) in [4.78, 5) is 0. The Labute approximate surface area is 78.7 Å². The zero-order chi connectivity index (χ0) is 9.28. The maximum absolute atomic E-state index is 11.2. The molecular formula is C2HF6LiNOS. The van der Waals surface area contributed by atoms with Crippen molar-refractivity contribution in [2.75, 3.05) is 0 Å². The smallest absolute Gasteiger partial charge is 0.246 e. The Bertz CT molecular complexity index is 141. The summed E-state index contributed by atoms with van der Waals surface area (Å²) in [6.07, 6.45) is -11.3. The quantitative estimate of drug-likeness (QED) is 0.292. The Hall–Kier alpha value is 0.287. The van der Waals surface area contributed by atoms with E-state index in [-0.39, 0.29) is 18.9 Å². The van der Waals surface area contributed by atoms with Gasteiger partial charge in [0.15, 0.2) is 0 Å². The molecule has 0 fully saturated rings. The average molecular weight is 208 g/mol. The van der Waals surface area contributed by atoms with Crippen LogP contribution in [-0.4, -0.2) is 40.0 Å². The number of hydrogen-bond donors (Lipinski definition) is 1. The first kappa shape index (κ1) is 14.8.